The van der Waals surface area contributed by atoms with E-state index in [9.17, 15) is 14.4 Å². The quantitative estimate of drug-likeness (QED) is 0.431. The maximum Gasteiger partial charge on any atom is 0.339 e. The van der Waals surface area contributed by atoms with Gasteiger partial charge in [0.1, 0.15) is 0 Å². The van der Waals surface area contributed by atoms with Crippen LogP contribution in [0, 0.1) is 0 Å². The Balaban J connectivity index is 1.81. The number of fused-ring (bicyclic) bond motifs is 1. The first kappa shape index (κ1) is 23.1. The van der Waals surface area contributed by atoms with Crippen molar-refractivity contribution in [2.45, 2.75) is 59.6 Å². The van der Waals surface area contributed by atoms with Gasteiger partial charge in [-0.25, -0.2) is 14.5 Å². The molecule has 32 heavy (non-hydrogen) atoms. The lowest BCUT2D eigenvalue weighted by Crippen LogP contribution is -2.30. The molecule has 1 aromatic carbocycles. The second-order valence-corrected chi connectivity index (χ2v) is 8.34. The summed E-state index contributed by atoms with van der Waals surface area (Å²) in [6.45, 7) is 10.9. The number of carbonyl (C=O) groups excluding carboxylic acids is 3. The Morgan fingerprint density at radius 1 is 1.03 bits per heavy atom. The van der Waals surface area contributed by atoms with Crippen molar-refractivity contribution < 1.29 is 19.1 Å². The van der Waals surface area contributed by atoms with Crippen LogP contribution in [-0.4, -0.2) is 38.5 Å². The summed E-state index contributed by atoms with van der Waals surface area (Å²) in [5.74, 6) is -1.05. The lowest BCUT2D eigenvalue weighted by atomic mass is 10.1. The lowest BCUT2D eigenvalue weighted by molar-refractivity contribution is -0.123. The molecule has 8 heteroatoms. The third kappa shape index (κ3) is 4.85. The number of hydrogen-bond donors (Lipinski definition) is 1. The number of esters is 1. The molecule has 0 saturated heterocycles. The fourth-order valence-corrected chi connectivity index (χ4v) is 3.19. The summed E-state index contributed by atoms with van der Waals surface area (Å²) in [6, 6.07) is 8.29. The van der Waals surface area contributed by atoms with E-state index in [1.807, 2.05) is 27.7 Å². The number of nitrogens with one attached hydrogen (secondary N) is 1. The Labute approximate surface area is 187 Å². The molecule has 0 radical (unpaired) electrons. The van der Waals surface area contributed by atoms with E-state index < -0.39 is 18.0 Å². The minimum Gasteiger partial charge on any atom is -0.449 e. The number of carbonyl (C=O) groups is 3. The summed E-state index contributed by atoms with van der Waals surface area (Å²) >= 11 is 0. The van der Waals surface area contributed by atoms with Crippen molar-refractivity contribution in [2.75, 3.05) is 5.32 Å². The monoisotopic (exact) mass is 436 g/mol. The Morgan fingerprint density at radius 3 is 2.25 bits per heavy atom. The third-order valence-corrected chi connectivity index (χ3v) is 5.10. The molecular weight excluding hydrogens is 408 g/mol. The van der Waals surface area contributed by atoms with Crippen LogP contribution in [0.15, 0.2) is 36.5 Å². The number of anilines is 1. The van der Waals surface area contributed by atoms with E-state index in [-0.39, 0.29) is 17.7 Å². The molecule has 1 amide bonds. The largest absolute Gasteiger partial charge is 0.449 e. The summed E-state index contributed by atoms with van der Waals surface area (Å²) < 4.78 is 7.24. The van der Waals surface area contributed by atoms with Crippen LogP contribution in [-0.2, 0) is 9.53 Å². The minimum absolute atomic E-state index is 0.0598. The first-order chi connectivity index (χ1) is 15.1. The number of pyridine rings is 1. The van der Waals surface area contributed by atoms with E-state index in [2.05, 4.69) is 15.4 Å². The van der Waals surface area contributed by atoms with E-state index in [1.54, 1.807) is 41.2 Å². The van der Waals surface area contributed by atoms with E-state index in [1.165, 1.54) is 13.8 Å². The molecule has 0 aliphatic rings. The van der Waals surface area contributed by atoms with Crippen molar-refractivity contribution in [3.63, 3.8) is 0 Å². The summed E-state index contributed by atoms with van der Waals surface area (Å²) in [7, 11) is 0. The normalized spacial score (nSPS) is 12.2. The van der Waals surface area contributed by atoms with E-state index in [0.717, 1.165) is 5.69 Å². The first-order valence-electron chi connectivity index (χ1n) is 10.6. The van der Waals surface area contributed by atoms with Gasteiger partial charge in [-0.15, -0.1) is 0 Å². The molecule has 8 nitrogen and oxygen atoms in total. The summed E-state index contributed by atoms with van der Waals surface area (Å²) in [5.41, 5.74) is 2.74. The van der Waals surface area contributed by atoms with Gasteiger partial charge in [0.05, 0.1) is 17.1 Å². The Morgan fingerprint density at radius 2 is 1.69 bits per heavy atom. The number of hydrogen-bond acceptors (Lipinski definition) is 6. The number of ether oxygens (including phenoxy) is 1. The van der Waals surface area contributed by atoms with Crippen molar-refractivity contribution in [3.05, 3.63) is 53.3 Å². The predicted octanol–water partition coefficient (Wildman–Crippen LogP) is 4.52. The average Bonchev–Trinajstić information content (AvgIpc) is 3.17. The summed E-state index contributed by atoms with van der Waals surface area (Å²) in [5, 5.41) is 7.65. The van der Waals surface area contributed by atoms with E-state index >= 15 is 0 Å². The molecule has 1 N–H and O–H groups in total. The molecule has 0 aliphatic carbocycles. The van der Waals surface area contributed by atoms with Gasteiger partial charge in [0.2, 0.25) is 0 Å². The summed E-state index contributed by atoms with van der Waals surface area (Å²) in [6.07, 6.45) is 0.575. The van der Waals surface area contributed by atoms with Gasteiger partial charge >= 0.3 is 5.97 Å². The maximum absolute atomic E-state index is 13.0. The van der Waals surface area contributed by atoms with Crippen LogP contribution in [0.25, 0.3) is 11.0 Å². The maximum atomic E-state index is 13.0. The van der Waals surface area contributed by atoms with Crippen molar-refractivity contribution in [1.82, 2.24) is 14.8 Å². The third-order valence-electron chi connectivity index (χ3n) is 5.10. The second-order valence-electron chi connectivity index (χ2n) is 8.34. The molecule has 2 heterocycles. The first-order valence-corrected chi connectivity index (χ1v) is 10.6. The zero-order valence-electron chi connectivity index (χ0n) is 19.2. The molecule has 3 rings (SSSR count). The number of rotatable bonds is 7. The van der Waals surface area contributed by atoms with Gasteiger partial charge in [0, 0.05) is 23.0 Å². The van der Waals surface area contributed by atoms with Gasteiger partial charge in [0.25, 0.3) is 5.91 Å². The molecule has 168 valence electrons. The van der Waals surface area contributed by atoms with Crippen LogP contribution in [0.5, 0.6) is 0 Å². The van der Waals surface area contributed by atoms with Gasteiger partial charge < -0.3 is 10.1 Å². The second kappa shape index (κ2) is 9.30. The fraction of sp³-hybridized carbons (Fsp3) is 0.375. The molecule has 0 spiro atoms. The van der Waals surface area contributed by atoms with Crippen molar-refractivity contribution >= 4 is 34.4 Å². The van der Waals surface area contributed by atoms with Gasteiger partial charge in [-0.2, -0.15) is 5.10 Å². The topological polar surface area (TPSA) is 103 Å². The highest BCUT2D eigenvalue weighted by Crippen LogP contribution is 2.25. The van der Waals surface area contributed by atoms with Crippen LogP contribution in [0.1, 0.15) is 79.9 Å². The fourth-order valence-electron chi connectivity index (χ4n) is 3.19. The molecule has 1 unspecified atom stereocenters. The van der Waals surface area contributed by atoms with Crippen molar-refractivity contribution in [2.24, 2.45) is 0 Å². The van der Waals surface area contributed by atoms with Gasteiger partial charge in [0.15, 0.2) is 17.5 Å². The van der Waals surface area contributed by atoms with Gasteiger partial charge in [-0.3, -0.25) is 9.59 Å². The highest BCUT2D eigenvalue weighted by molar-refractivity contribution is 6.04. The Kier molecular flexibility index (Phi) is 6.72. The zero-order valence-corrected chi connectivity index (χ0v) is 19.2. The van der Waals surface area contributed by atoms with Gasteiger partial charge in [-0.05, 0) is 63.9 Å². The molecule has 0 saturated carbocycles. The number of amides is 1. The van der Waals surface area contributed by atoms with Crippen LogP contribution < -0.4 is 5.32 Å². The van der Waals surface area contributed by atoms with Gasteiger partial charge in [-0.1, -0.05) is 13.8 Å². The van der Waals surface area contributed by atoms with Crippen LogP contribution in [0.2, 0.25) is 0 Å². The number of nitrogens with zero attached hydrogens (tertiary/aromatic N) is 3. The zero-order chi connectivity index (χ0) is 23.6. The Bertz CT molecular complexity index is 1160. The van der Waals surface area contributed by atoms with E-state index in [0.29, 0.717) is 27.8 Å². The standard InChI is InChI=1S/C24H28N4O4/c1-13(2)21-11-19(20-12-25-28(14(3)4)22(20)27-21)24(31)32-16(6)23(30)26-18-9-7-17(8-10-18)15(5)29/h7-14,16H,1-6H3,(H,26,30). The highest BCUT2D eigenvalue weighted by Gasteiger charge is 2.24. The number of ketones is 1. The van der Waals surface area contributed by atoms with Crippen molar-refractivity contribution in [1.29, 1.82) is 0 Å². The molecule has 0 fully saturated rings. The highest BCUT2D eigenvalue weighted by atomic mass is 16.5. The number of benzene rings is 1. The molecule has 1 atom stereocenters. The Hall–Kier alpha value is -3.55. The van der Waals surface area contributed by atoms with Crippen molar-refractivity contribution in [3.8, 4) is 0 Å². The SMILES string of the molecule is CC(=O)c1ccc(NC(=O)C(C)OC(=O)c2cc(C(C)C)nc3c2cnn3C(C)C)cc1. The molecule has 0 bridgehead atoms. The smallest absolute Gasteiger partial charge is 0.339 e. The van der Waals surface area contributed by atoms with Crippen LogP contribution in [0.4, 0.5) is 5.69 Å². The number of Topliss-reactive ketones (excluding diaryl/α,β-unsaturated/α-hetero) is 1. The molecular formula is C24H28N4O4. The molecule has 2 aromatic heterocycles. The predicted molar refractivity (Wildman–Crippen MR) is 122 cm³/mol. The average molecular weight is 437 g/mol. The van der Waals surface area contributed by atoms with E-state index in [4.69, 9.17) is 4.74 Å². The molecule has 3 aromatic rings. The lowest BCUT2D eigenvalue weighted by Gasteiger charge is -2.15. The summed E-state index contributed by atoms with van der Waals surface area (Å²) in [4.78, 5) is 41.6. The molecule has 0 aliphatic heterocycles. The minimum atomic E-state index is -1.03. The van der Waals surface area contributed by atoms with Crippen LogP contribution in [0.3, 0.4) is 0 Å². The number of aromatic nitrogens is 3. The van der Waals surface area contributed by atoms with Crippen LogP contribution >= 0.6 is 0 Å².